The van der Waals surface area contributed by atoms with E-state index in [4.69, 9.17) is 5.26 Å². The monoisotopic (exact) mass is 472 g/mol. The summed E-state index contributed by atoms with van der Waals surface area (Å²) < 4.78 is 28.3. The predicted molar refractivity (Wildman–Crippen MR) is 131 cm³/mol. The minimum absolute atomic E-state index is 0.00700. The molecule has 0 N–H and O–H groups in total. The van der Waals surface area contributed by atoms with E-state index in [1.54, 1.807) is 0 Å². The highest BCUT2D eigenvalue weighted by Crippen LogP contribution is 2.33. The van der Waals surface area contributed by atoms with E-state index in [1.165, 1.54) is 18.2 Å². The second kappa shape index (κ2) is 10.3. The summed E-state index contributed by atoms with van der Waals surface area (Å²) in [5, 5.41) is 8.75. The number of aromatic nitrogens is 2. The summed E-state index contributed by atoms with van der Waals surface area (Å²) in [4.78, 5) is 18.2. The van der Waals surface area contributed by atoms with Crippen molar-refractivity contribution in [3.8, 4) is 17.2 Å². The van der Waals surface area contributed by atoms with Gasteiger partial charge in [0.25, 0.3) is 0 Å². The van der Waals surface area contributed by atoms with Gasteiger partial charge >= 0.3 is 0 Å². The summed E-state index contributed by atoms with van der Waals surface area (Å²) >= 11 is 0. The van der Waals surface area contributed by atoms with Crippen molar-refractivity contribution in [2.45, 2.75) is 25.3 Å². The summed E-state index contributed by atoms with van der Waals surface area (Å²) in [6.07, 6.45) is 5.51. The molecule has 2 aliphatic heterocycles. The topological polar surface area (TPSA) is 68.4 Å². The van der Waals surface area contributed by atoms with Gasteiger partial charge in [0.15, 0.2) is 0 Å². The molecule has 0 saturated carbocycles. The molecule has 2 aliphatic rings. The zero-order valence-corrected chi connectivity index (χ0v) is 19.4. The first-order valence-corrected chi connectivity index (χ1v) is 11.9. The molecule has 35 heavy (non-hydrogen) atoms. The average Bonchev–Trinajstić information content (AvgIpc) is 3.38. The lowest BCUT2D eigenvalue weighted by molar-refractivity contribution is 0.262. The average molecular weight is 473 g/mol. The molecule has 3 heterocycles. The van der Waals surface area contributed by atoms with Gasteiger partial charge in [0, 0.05) is 62.8 Å². The van der Waals surface area contributed by atoms with Gasteiger partial charge in [-0.2, -0.15) is 5.26 Å². The maximum atomic E-state index is 14.1. The highest BCUT2D eigenvalue weighted by atomic mass is 19.1. The van der Waals surface area contributed by atoms with E-state index in [0.717, 1.165) is 61.8 Å². The molecule has 0 spiro atoms. The lowest BCUT2D eigenvalue weighted by atomic mass is 10.0. The highest BCUT2D eigenvalue weighted by molar-refractivity contribution is 6.02. The van der Waals surface area contributed by atoms with E-state index in [-0.39, 0.29) is 11.6 Å². The van der Waals surface area contributed by atoms with Gasteiger partial charge < -0.3 is 4.90 Å². The molecule has 1 fully saturated rings. The Morgan fingerprint density at radius 2 is 1.60 bits per heavy atom. The summed E-state index contributed by atoms with van der Waals surface area (Å²) in [7, 11) is 0. The second-order valence-corrected chi connectivity index (χ2v) is 8.86. The molecule has 0 aliphatic carbocycles. The van der Waals surface area contributed by atoms with Crippen molar-refractivity contribution in [2.24, 2.45) is 4.99 Å². The third-order valence-electron chi connectivity index (χ3n) is 6.68. The number of nitriles is 1. The van der Waals surface area contributed by atoms with Crippen molar-refractivity contribution < 1.29 is 8.78 Å². The third-order valence-corrected chi connectivity index (χ3v) is 6.68. The van der Waals surface area contributed by atoms with Crippen molar-refractivity contribution in [1.29, 1.82) is 5.26 Å². The Morgan fingerprint density at radius 1 is 0.914 bits per heavy atom. The van der Waals surface area contributed by atoms with Crippen LogP contribution in [0.5, 0.6) is 0 Å². The minimum Gasteiger partial charge on any atom is -0.338 e. The van der Waals surface area contributed by atoms with Gasteiger partial charge in [0.05, 0.1) is 17.7 Å². The smallest absolute Gasteiger partial charge is 0.225 e. The van der Waals surface area contributed by atoms with Crippen LogP contribution >= 0.6 is 0 Å². The van der Waals surface area contributed by atoms with E-state index >= 15 is 0 Å². The van der Waals surface area contributed by atoms with E-state index in [9.17, 15) is 8.78 Å². The number of aliphatic imine (C=N–C) groups is 1. The molecule has 8 heteroatoms. The zero-order valence-electron chi connectivity index (χ0n) is 19.4. The van der Waals surface area contributed by atoms with Crippen LogP contribution < -0.4 is 4.90 Å². The van der Waals surface area contributed by atoms with Gasteiger partial charge in [-0.25, -0.2) is 18.7 Å². The fraction of sp³-hybridized carbons (Fsp3) is 0.333. The molecule has 5 rings (SSSR count). The van der Waals surface area contributed by atoms with Crippen molar-refractivity contribution in [2.75, 3.05) is 37.6 Å². The number of rotatable bonds is 6. The van der Waals surface area contributed by atoms with Crippen LogP contribution in [0.2, 0.25) is 0 Å². The van der Waals surface area contributed by atoms with Gasteiger partial charge in [0.1, 0.15) is 11.6 Å². The number of halogens is 2. The standard InChI is InChI=1S/C27H26F2N6/c28-22-3-1-4-23(29)26(22)25-10-9-24(33-25)20-7-5-19(6-8-20)21-17-31-27(32-18-21)35-15-13-34(14-16-35)12-2-11-30/h1,3-8,17-18,24H,2,9-10,12-16H2. The first-order valence-electron chi connectivity index (χ1n) is 11.9. The molecule has 1 unspecified atom stereocenters. The molecular formula is C27H26F2N6. The third kappa shape index (κ3) is 5.05. The molecule has 1 aromatic heterocycles. The quantitative estimate of drug-likeness (QED) is 0.516. The van der Waals surface area contributed by atoms with Crippen LogP contribution in [0.1, 0.15) is 36.4 Å². The largest absolute Gasteiger partial charge is 0.338 e. The van der Waals surface area contributed by atoms with Crippen LogP contribution in [-0.2, 0) is 0 Å². The van der Waals surface area contributed by atoms with Gasteiger partial charge in [-0.3, -0.25) is 9.89 Å². The fourth-order valence-electron chi connectivity index (χ4n) is 4.71. The molecule has 0 amide bonds. The van der Waals surface area contributed by atoms with Gasteiger partial charge in [-0.15, -0.1) is 0 Å². The SMILES string of the molecule is N#CCCN1CCN(c2ncc(-c3ccc(C4CCC(c5c(F)cccc5F)=N4)cc3)cn2)CC1. The number of hydrogen-bond acceptors (Lipinski definition) is 6. The molecule has 6 nitrogen and oxygen atoms in total. The number of anilines is 1. The van der Waals surface area contributed by atoms with Crippen molar-refractivity contribution in [3.63, 3.8) is 0 Å². The van der Waals surface area contributed by atoms with Gasteiger partial charge in [-0.1, -0.05) is 30.3 Å². The Balaban J connectivity index is 1.23. The van der Waals surface area contributed by atoms with Crippen LogP contribution in [0.4, 0.5) is 14.7 Å². The highest BCUT2D eigenvalue weighted by Gasteiger charge is 2.24. The number of nitrogens with zero attached hydrogens (tertiary/aromatic N) is 6. The van der Waals surface area contributed by atoms with Crippen LogP contribution in [-0.4, -0.2) is 53.3 Å². The predicted octanol–water partition coefficient (Wildman–Crippen LogP) is 4.78. The maximum Gasteiger partial charge on any atom is 0.225 e. The first-order chi connectivity index (χ1) is 17.1. The van der Waals surface area contributed by atoms with Crippen LogP contribution in [0.15, 0.2) is 59.9 Å². The molecular weight excluding hydrogens is 446 g/mol. The number of piperazine rings is 1. The van der Waals surface area contributed by atoms with E-state index < -0.39 is 11.6 Å². The number of benzene rings is 2. The Hall–Kier alpha value is -3.70. The maximum absolute atomic E-state index is 14.1. The second-order valence-electron chi connectivity index (χ2n) is 8.86. The molecule has 1 atom stereocenters. The molecule has 1 saturated heterocycles. The molecule has 2 aromatic carbocycles. The van der Waals surface area contributed by atoms with Gasteiger partial charge in [-0.05, 0) is 36.1 Å². The van der Waals surface area contributed by atoms with Crippen molar-refractivity contribution in [1.82, 2.24) is 14.9 Å². The van der Waals surface area contributed by atoms with E-state index in [2.05, 4.69) is 30.8 Å². The normalized spacial score (nSPS) is 18.4. The molecule has 3 aromatic rings. The Kier molecular flexibility index (Phi) is 6.77. The fourth-order valence-corrected chi connectivity index (χ4v) is 4.71. The van der Waals surface area contributed by atoms with Crippen LogP contribution in [0.3, 0.4) is 0 Å². The van der Waals surface area contributed by atoms with Crippen LogP contribution in [0.25, 0.3) is 11.1 Å². The summed E-state index contributed by atoms with van der Waals surface area (Å²) in [5.74, 6) is -0.411. The van der Waals surface area contributed by atoms with Gasteiger partial charge in [0.2, 0.25) is 5.95 Å². The van der Waals surface area contributed by atoms with Crippen LogP contribution in [0, 0.1) is 23.0 Å². The Labute approximate surface area is 203 Å². The zero-order chi connectivity index (χ0) is 24.2. The number of hydrogen-bond donors (Lipinski definition) is 0. The first kappa shape index (κ1) is 23.1. The lowest BCUT2D eigenvalue weighted by Gasteiger charge is -2.34. The summed E-state index contributed by atoms with van der Waals surface area (Å²) in [6.45, 7) is 4.32. The molecule has 0 bridgehead atoms. The van der Waals surface area contributed by atoms with E-state index in [1.807, 2.05) is 36.7 Å². The van der Waals surface area contributed by atoms with Crippen molar-refractivity contribution in [3.05, 3.63) is 77.6 Å². The van der Waals surface area contributed by atoms with E-state index in [0.29, 0.717) is 18.6 Å². The lowest BCUT2D eigenvalue weighted by Crippen LogP contribution is -2.47. The molecule has 0 radical (unpaired) electrons. The minimum atomic E-state index is -0.566. The molecule has 178 valence electrons. The summed E-state index contributed by atoms with van der Waals surface area (Å²) in [5.41, 5.74) is 3.44. The Bertz CT molecular complexity index is 1220. The summed E-state index contributed by atoms with van der Waals surface area (Å²) in [6, 6.07) is 14.1. The van der Waals surface area contributed by atoms with Crippen molar-refractivity contribution >= 4 is 11.7 Å². The Morgan fingerprint density at radius 3 is 2.26 bits per heavy atom.